The highest BCUT2D eigenvalue weighted by Gasteiger charge is 2.57. The first-order chi connectivity index (χ1) is 20.7. The fraction of sp³-hybridized carbons (Fsp3) is 0.323. The van der Waals surface area contributed by atoms with Crippen LogP contribution in [0.3, 0.4) is 0 Å². The summed E-state index contributed by atoms with van der Waals surface area (Å²) in [5, 5.41) is 4.78. The first kappa shape index (κ1) is 30.6. The summed E-state index contributed by atoms with van der Waals surface area (Å²) in [7, 11) is 0. The number of halogens is 4. The SMILES string of the molecule is CC(=O)Nc1ncc(C)cc1-c1ccc2c(c1)C(CC(=O)N(Cc1ccc(F)cc1)[C@@H](C)C(F)(F)F)C[C@@]21OC(=O)NC1=O. The van der Waals surface area contributed by atoms with Gasteiger partial charge in [0.05, 0.1) is 0 Å². The zero-order valence-corrected chi connectivity index (χ0v) is 23.9. The Morgan fingerprint density at radius 2 is 1.86 bits per heavy atom. The number of rotatable bonds is 7. The Morgan fingerprint density at radius 1 is 1.16 bits per heavy atom. The number of alkyl carbamates (subject to hydrolysis) is 1. The van der Waals surface area contributed by atoms with Gasteiger partial charge in [-0.25, -0.2) is 14.2 Å². The molecule has 1 saturated heterocycles. The number of nitrogens with one attached hydrogen (secondary N) is 2. The van der Waals surface area contributed by atoms with E-state index >= 15 is 0 Å². The normalized spacial score (nSPS) is 19.8. The van der Waals surface area contributed by atoms with Gasteiger partial charge in [0.25, 0.3) is 5.91 Å². The molecule has 9 nitrogen and oxygen atoms in total. The average Bonchev–Trinajstić information content (AvgIpc) is 3.41. The van der Waals surface area contributed by atoms with E-state index in [1.165, 1.54) is 19.1 Å². The number of anilines is 1. The van der Waals surface area contributed by atoms with Gasteiger partial charge in [0.15, 0.2) is 0 Å². The number of ether oxygens (including phenoxy) is 1. The highest BCUT2D eigenvalue weighted by Crippen LogP contribution is 2.51. The topological polar surface area (TPSA) is 118 Å². The van der Waals surface area contributed by atoms with Gasteiger partial charge in [-0.2, -0.15) is 13.2 Å². The van der Waals surface area contributed by atoms with Gasteiger partial charge in [0.2, 0.25) is 17.4 Å². The lowest BCUT2D eigenvalue weighted by molar-refractivity contribution is -0.187. The Morgan fingerprint density at radius 3 is 2.48 bits per heavy atom. The second-order valence-electron chi connectivity index (χ2n) is 11.0. The van der Waals surface area contributed by atoms with Crippen molar-refractivity contribution in [3.05, 3.63) is 82.8 Å². The minimum Gasteiger partial charge on any atom is -0.427 e. The molecule has 4 amide bonds. The van der Waals surface area contributed by atoms with E-state index in [2.05, 4.69) is 15.6 Å². The lowest BCUT2D eigenvalue weighted by Crippen LogP contribution is -2.46. The maximum Gasteiger partial charge on any atom is 0.415 e. The third-order valence-electron chi connectivity index (χ3n) is 7.89. The number of hydrogen-bond donors (Lipinski definition) is 2. The number of carbonyl (C=O) groups is 4. The summed E-state index contributed by atoms with van der Waals surface area (Å²) >= 11 is 0. The number of pyridine rings is 1. The van der Waals surface area contributed by atoms with Crippen molar-refractivity contribution < 1.29 is 41.5 Å². The number of fused-ring (bicyclic) bond motifs is 2. The summed E-state index contributed by atoms with van der Waals surface area (Å²) in [4.78, 5) is 55.6. The van der Waals surface area contributed by atoms with E-state index in [0.717, 1.165) is 24.6 Å². The van der Waals surface area contributed by atoms with Crippen molar-refractivity contribution in [2.45, 2.75) is 63.9 Å². The Labute approximate surface area is 249 Å². The van der Waals surface area contributed by atoms with Crippen LogP contribution < -0.4 is 10.6 Å². The number of aromatic nitrogens is 1. The van der Waals surface area contributed by atoms with E-state index in [4.69, 9.17) is 4.74 Å². The second kappa shape index (κ2) is 11.4. The van der Waals surface area contributed by atoms with E-state index in [0.29, 0.717) is 32.7 Å². The van der Waals surface area contributed by atoms with Gasteiger partial charge in [-0.3, -0.25) is 19.7 Å². The van der Waals surface area contributed by atoms with Crippen molar-refractivity contribution in [3.8, 4) is 11.1 Å². The molecule has 2 N–H and O–H groups in total. The van der Waals surface area contributed by atoms with Crippen molar-refractivity contribution in [1.29, 1.82) is 0 Å². The molecule has 3 aromatic rings. The molecular weight excluding hydrogens is 584 g/mol. The third-order valence-corrected chi connectivity index (χ3v) is 7.89. The van der Waals surface area contributed by atoms with Gasteiger partial charge in [-0.1, -0.05) is 30.3 Å². The molecule has 1 aliphatic carbocycles. The van der Waals surface area contributed by atoms with Gasteiger partial charge in [0.1, 0.15) is 17.7 Å². The van der Waals surface area contributed by atoms with E-state index in [1.54, 1.807) is 37.4 Å². The zero-order chi connectivity index (χ0) is 32.0. The van der Waals surface area contributed by atoms with E-state index in [9.17, 15) is 36.7 Å². The largest absolute Gasteiger partial charge is 0.427 e. The van der Waals surface area contributed by atoms with Crippen LogP contribution in [0.5, 0.6) is 0 Å². The molecule has 2 aromatic carbocycles. The highest BCUT2D eigenvalue weighted by atomic mass is 19.4. The van der Waals surface area contributed by atoms with Gasteiger partial charge in [-0.15, -0.1) is 0 Å². The number of imide groups is 1. The lowest BCUT2D eigenvalue weighted by atomic mass is 9.93. The van der Waals surface area contributed by atoms with E-state index < -0.39 is 60.4 Å². The summed E-state index contributed by atoms with van der Waals surface area (Å²) in [5.74, 6) is -3.10. The molecule has 5 rings (SSSR count). The summed E-state index contributed by atoms with van der Waals surface area (Å²) in [6, 6.07) is 9.29. The number of carbonyl (C=O) groups excluding carboxylic acids is 4. The molecule has 1 fully saturated rings. The molecule has 0 saturated carbocycles. The Hall–Kier alpha value is -4.81. The van der Waals surface area contributed by atoms with Crippen LogP contribution in [0.2, 0.25) is 0 Å². The zero-order valence-electron chi connectivity index (χ0n) is 23.9. The van der Waals surface area contributed by atoms with Crippen molar-refractivity contribution in [3.63, 3.8) is 0 Å². The van der Waals surface area contributed by atoms with Crippen LogP contribution in [-0.4, -0.2) is 45.9 Å². The smallest absolute Gasteiger partial charge is 0.415 e. The van der Waals surface area contributed by atoms with Crippen molar-refractivity contribution in [1.82, 2.24) is 15.2 Å². The number of amides is 4. The Kier molecular flexibility index (Phi) is 7.91. The van der Waals surface area contributed by atoms with Crippen molar-refractivity contribution in [2.24, 2.45) is 0 Å². The monoisotopic (exact) mass is 612 g/mol. The molecular formula is C31H28F4N4O5. The maximum absolute atomic E-state index is 13.9. The molecule has 230 valence electrons. The third kappa shape index (κ3) is 5.86. The molecule has 44 heavy (non-hydrogen) atoms. The molecule has 1 aromatic heterocycles. The summed E-state index contributed by atoms with van der Waals surface area (Å²) in [6.07, 6.45) is -4.79. The van der Waals surface area contributed by atoms with Crippen LogP contribution in [0, 0.1) is 12.7 Å². The number of nitrogens with zero attached hydrogens (tertiary/aromatic N) is 2. The second-order valence-corrected chi connectivity index (χ2v) is 11.0. The molecule has 0 radical (unpaired) electrons. The molecule has 1 aliphatic heterocycles. The fourth-order valence-electron chi connectivity index (χ4n) is 5.71. The van der Waals surface area contributed by atoms with Gasteiger partial charge in [0, 0.05) is 43.6 Å². The fourth-order valence-corrected chi connectivity index (χ4v) is 5.71. The van der Waals surface area contributed by atoms with Crippen LogP contribution in [-0.2, 0) is 31.3 Å². The maximum atomic E-state index is 13.9. The molecule has 1 spiro atoms. The average molecular weight is 613 g/mol. The number of aryl methyl sites for hydroxylation is 1. The van der Waals surface area contributed by atoms with Gasteiger partial charge < -0.3 is 15.0 Å². The molecule has 0 bridgehead atoms. The molecule has 3 atom stereocenters. The number of benzene rings is 2. The van der Waals surface area contributed by atoms with Gasteiger partial charge in [-0.05, 0) is 60.2 Å². The van der Waals surface area contributed by atoms with E-state index in [1.807, 2.05) is 0 Å². The van der Waals surface area contributed by atoms with Crippen molar-refractivity contribution >= 4 is 29.6 Å². The Bertz CT molecular complexity index is 1660. The molecule has 2 heterocycles. The van der Waals surface area contributed by atoms with E-state index in [-0.39, 0.29) is 18.1 Å². The summed E-state index contributed by atoms with van der Waals surface area (Å²) < 4.78 is 60.7. The highest BCUT2D eigenvalue weighted by molar-refractivity contribution is 6.04. The van der Waals surface area contributed by atoms with Crippen molar-refractivity contribution in [2.75, 3.05) is 5.32 Å². The lowest BCUT2D eigenvalue weighted by Gasteiger charge is -2.32. The van der Waals surface area contributed by atoms with Crippen LogP contribution in [0.25, 0.3) is 11.1 Å². The first-order valence-corrected chi connectivity index (χ1v) is 13.7. The molecule has 13 heteroatoms. The quantitative estimate of drug-likeness (QED) is 0.342. The molecule has 1 unspecified atom stereocenters. The number of alkyl halides is 3. The van der Waals surface area contributed by atoms with Crippen LogP contribution in [0.15, 0.2) is 54.7 Å². The van der Waals surface area contributed by atoms with Crippen LogP contribution in [0.1, 0.15) is 54.9 Å². The Balaban J connectivity index is 1.55. The van der Waals surface area contributed by atoms with Crippen LogP contribution in [0.4, 0.5) is 28.2 Å². The first-order valence-electron chi connectivity index (χ1n) is 13.7. The number of hydrogen-bond acceptors (Lipinski definition) is 6. The van der Waals surface area contributed by atoms with Gasteiger partial charge >= 0.3 is 12.3 Å². The molecule has 2 aliphatic rings. The minimum atomic E-state index is -4.75. The summed E-state index contributed by atoms with van der Waals surface area (Å²) in [6.45, 7) is 3.56. The van der Waals surface area contributed by atoms with Crippen LogP contribution >= 0.6 is 0 Å². The summed E-state index contributed by atoms with van der Waals surface area (Å²) in [5.41, 5.74) is 1.12. The standard InChI is InChI=1S/C31H28F4N4O5/c1-16-10-24(27(36-14-16)37-18(3)40)20-6-9-25-23(11-20)21(13-30(25)28(42)38-29(43)44-30)12-26(41)39(17(2)31(33,34)35)15-19-4-7-22(32)8-5-19/h4-11,14,17,21H,12-13,15H2,1-3H3,(H,36,37,40)(H,38,42,43)/t17-,21?,30+/m0/s1. The predicted molar refractivity (Wildman–Crippen MR) is 149 cm³/mol. The minimum absolute atomic E-state index is 0.176. The predicted octanol–water partition coefficient (Wildman–Crippen LogP) is 5.47.